The van der Waals surface area contributed by atoms with E-state index in [2.05, 4.69) is 10.6 Å². The lowest BCUT2D eigenvalue weighted by molar-refractivity contribution is -0.114. The Hall–Kier alpha value is -2.49. The van der Waals surface area contributed by atoms with Gasteiger partial charge in [0.25, 0.3) is 0 Å². The van der Waals surface area contributed by atoms with Gasteiger partial charge in [-0.3, -0.25) is 4.79 Å². The number of piperidine rings is 1. The highest BCUT2D eigenvalue weighted by molar-refractivity contribution is 7.89. The Balaban J connectivity index is 1.71. The predicted octanol–water partition coefficient (Wildman–Crippen LogP) is 3.89. The second-order valence-electron chi connectivity index (χ2n) is 7.53. The van der Waals surface area contributed by atoms with Crippen molar-refractivity contribution in [1.29, 1.82) is 0 Å². The quantitative estimate of drug-likeness (QED) is 0.593. The van der Waals surface area contributed by atoms with Gasteiger partial charge in [-0.1, -0.05) is 24.1 Å². The van der Waals surface area contributed by atoms with Crippen LogP contribution in [0.3, 0.4) is 0 Å². The number of aryl methyl sites for hydroxylation is 1. The Labute approximate surface area is 193 Å². The fourth-order valence-electron chi connectivity index (χ4n) is 3.51. The maximum atomic E-state index is 13.0. The van der Waals surface area contributed by atoms with Gasteiger partial charge in [-0.25, -0.2) is 8.42 Å². The number of nitrogens with one attached hydrogen (secondary N) is 2. The van der Waals surface area contributed by atoms with Crippen LogP contribution in [0.25, 0.3) is 0 Å². The molecule has 1 heterocycles. The smallest absolute Gasteiger partial charge is 0.243 e. The first-order valence-electron chi connectivity index (χ1n) is 10.3. The van der Waals surface area contributed by atoms with Crippen molar-refractivity contribution in [2.45, 2.75) is 31.1 Å². The van der Waals surface area contributed by atoms with Crippen LogP contribution in [0.4, 0.5) is 11.4 Å². The van der Waals surface area contributed by atoms with Crippen LogP contribution in [-0.4, -0.2) is 52.5 Å². The van der Waals surface area contributed by atoms with Crippen LogP contribution < -0.4 is 20.1 Å². The Morgan fingerprint density at radius 1 is 1.03 bits per heavy atom. The Kier molecular flexibility index (Phi) is 7.86. The maximum Gasteiger partial charge on any atom is 0.243 e. The average Bonchev–Trinajstić information content (AvgIpc) is 2.79. The molecule has 1 aliphatic rings. The molecule has 2 N–H and O–H groups in total. The van der Waals surface area contributed by atoms with E-state index >= 15 is 0 Å². The van der Waals surface area contributed by atoms with Crippen LogP contribution in [0.15, 0.2) is 35.2 Å². The van der Waals surface area contributed by atoms with Crippen LogP contribution in [0, 0.1) is 6.92 Å². The summed E-state index contributed by atoms with van der Waals surface area (Å²) in [6.45, 7) is 2.78. The zero-order chi connectivity index (χ0) is 23.3. The molecule has 2 aromatic rings. The van der Waals surface area contributed by atoms with Crippen molar-refractivity contribution >= 4 is 38.9 Å². The molecule has 0 aromatic heterocycles. The second-order valence-corrected chi connectivity index (χ2v) is 9.88. The SMILES string of the molecule is COc1cc(Cl)c(NCC(=O)Nc2cc(S(=O)(=O)N3CCCCC3)ccc2C)cc1OC. The first-order chi connectivity index (χ1) is 15.3. The van der Waals surface area contributed by atoms with Crippen molar-refractivity contribution < 1.29 is 22.7 Å². The topological polar surface area (TPSA) is 97.0 Å². The lowest BCUT2D eigenvalue weighted by Crippen LogP contribution is -2.35. The summed E-state index contributed by atoms with van der Waals surface area (Å²) in [4.78, 5) is 12.7. The van der Waals surface area contributed by atoms with E-state index in [1.807, 2.05) is 6.92 Å². The zero-order valence-corrected chi connectivity index (χ0v) is 20.0. The molecule has 3 rings (SSSR count). The lowest BCUT2D eigenvalue weighted by atomic mass is 10.2. The third kappa shape index (κ3) is 5.46. The van der Waals surface area contributed by atoms with Gasteiger partial charge in [-0.05, 0) is 37.5 Å². The number of rotatable bonds is 8. The molecule has 0 spiro atoms. The number of methoxy groups -OCH3 is 2. The van der Waals surface area contributed by atoms with Crippen molar-refractivity contribution in [2.75, 3.05) is 44.5 Å². The van der Waals surface area contributed by atoms with Gasteiger partial charge in [0.05, 0.1) is 36.4 Å². The van der Waals surface area contributed by atoms with E-state index in [9.17, 15) is 13.2 Å². The predicted molar refractivity (Wildman–Crippen MR) is 125 cm³/mol. The Bertz CT molecular complexity index is 1090. The average molecular weight is 482 g/mol. The van der Waals surface area contributed by atoms with Gasteiger partial charge in [-0.15, -0.1) is 0 Å². The highest BCUT2D eigenvalue weighted by Gasteiger charge is 2.26. The van der Waals surface area contributed by atoms with Crippen LogP contribution in [0.5, 0.6) is 11.5 Å². The molecule has 1 fully saturated rings. The molecule has 1 saturated heterocycles. The number of hydrogen-bond donors (Lipinski definition) is 2. The second kappa shape index (κ2) is 10.4. The lowest BCUT2D eigenvalue weighted by Gasteiger charge is -2.26. The van der Waals surface area contributed by atoms with E-state index in [0.717, 1.165) is 24.8 Å². The number of amides is 1. The summed E-state index contributed by atoms with van der Waals surface area (Å²) in [5, 5.41) is 6.13. The molecular formula is C22H28ClN3O5S. The molecule has 1 amide bonds. The molecule has 0 radical (unpaired) electrons. The summed E-state index contributed by atoms with van der Waals surface area (Å²) in [6.07, 6.45) is 2.76. The van der Waals surface area contributed by atoms with E-state index in [4.69, 9.17) is 21.1 Å². The highest BCUT2D eigenvalue weighted by Crippen LogP contribution is 2.36. The summed E-state index contributed by atoms with van der Waals surface area (Å²) >= 11 is 6.25. The number of sulfonamides is 1. The molecule has 2 aromatic carbocycles. The fraction of sp³-hybridized carbons (Fsp3) is 0.409. The number of carbonyl (C=O) groups excluding carboxylic acids is 1. The van der Waals surface area contributed by atoms with Gasteiger partial charge in [0.1, 0.15) is 0 Å². The molecule has 0 saturated carbocycles. The first kappa shape index (κ1) is 24.2. The van der Waals surface area contributed by atoms with E-state index in [0.29, 0.717) is 41.0 Å². The number of anilines is 2. The molecule has 10 heteroatoms. The summed E-state index contributed by atoms with van der Waals surface area (Å²) in [5.74, 6) is 0.618. The van der Waals surface area contributed by atoms with Crippen LogP contribution in [0.1, 0.15) is 24.8 Å². The fourth-order valence-corrected chi connectivity index (χ4v) is 5.27. The Morgan fingerprint density at radius 2 is 1.69 bits per heavy atom. The summed E-state index contributed by atoms with van der Waals surface area (Å²) in [7, 11) is -0.569. The largest absolute Gasteiger partial charge is 0.493 e. The maximum absolute atomic E-state index is 13.0. The molecule has 174 valence electrons. The summed E-state index contributed by atoms with van der Waals surface area (Å²) in [6, 6.07) is 8.04. The van der Waals surface area contributed by atoms with Gasteiger partial charge in [-0.2, -0.15) is 4.31 Å². The number of ether oxygens (including phenoxy) is 2. The molecular weight excluding hydrogens is 454 g/mol. The third-order valence-electron chi connectivity index (χ3n) is 5.35. The first-order valence-corrected chi connectivity index (χ1v) is 12.1. The van der Waals surface area contributed by atoms with E-state index in [-0.39, 0.29) is 17.3 Å². The van der Waals surface area contributed by atoms with Crippen molar-refractivity contribution in [3.8, 4) is 11.5 Å². The zero-order valence-electron chi connectivity index (χ0n) is 18.4. The number of benzene rings is 2. The van der Waals surface area contributed by atoms with Crippen molar-refractivity contribution in [3.63, 3.8) is 0 Å². The summed E-state index contributed by atoms with van der Waals surface area (Å²) < 4.78 is 37.9. The molecule has 8 nitrogen and oxygen atoms in total. The number of nitrogens with zero attached hydrogens (tertiary/aromatic N) is 1. The van der Waals surface area contributed by atoms with Crippen molar-refractivity contribution in [2.24, 2.45) is 0 Å². The molecule has 0 atom stereocenters. The van der Waals surface area contributed by atoms with Gasteiger partial charge in [0.15, 0.2) is 11.5 Å². The Morgan fingerprint density at radius 3 is 2.34 bits per heavy atom. The monoisotopic (exact) mass is 481 g/mol. The van der Waals surface area contributed by atoms with E-state index < -0.39 is 10.0 Å². The van der Waals surface area contributed by atoms with Crippen molar-refractivity contribution in [3.05, 3.63) is 40.9 Å². The minimum Gasteiger partial charge on any atom is -0.493 e. The number of halogens is 1. The third-order valence-corrected chi connectivity index (χ3v) is 7.56. The number of hydrogen-bond acceptors (Lipinski definition) is 6. The molecule has 1 aliphatic heterocycles. The van der Waals surface area contributed by atoms with Crippen LogP contribution in [0.2, 0.25) is 5.02 Å². The van der Waals surface area contributed by atoms with E-state index in [1.165, 1.54) is 24.6 Å². The van der Waals surface area contributed by atoms with Gasteiger partial charge in [0, 0.05) is 30.9 Å². The van der Waals surface area contributed by atoms with Gasteiger partial charge in [0.2, 0.25) is 15.9 Å². The number of carbonyl (C=O) groups is 1. The van der Waals surface area contributed by atoms with Gasteiger partial charge >= 0.3 is 0 Å². The highest BCUT2D eigenvalue weighted by atomic mass is 35.5. The molecule has 0 unspecified atom stereocenters. The minimum atomic E-state index is -3.59. The van der Waals surface area contributed by atoms with Gasteiger partial charge < -0.3 is 20.1 Å². The standard InChI is InChI=1S/C22H28ClN3O5S/c1-15-7-8-16(32(28,29)26-9-5-4-6-10-26)11-18(15)25-22(27)14-24-19-13-21(31-3)20(30-2)12-17(19)23/h7-8,11-13,24H,4-6,9-10,14H2,1-3H3,(H,25,27). The molecule has 0 bridgehead atoms. The molecule has 0 aliphatic carbocycles. The minimum absolute atomic E-state index is 0.0717. The normalized spacial score (nSPS) is 14.6. The van der Waals surface area contributed by atoms with Crippen LogP contribution in [-0.2, 0) is 14.8 Å². The summed E-state index contributed by atoms with van der Waals surface area (Å²) in [5.41, 5.74) is 1.73. The van der Waals surface area contributed by atoms with Crippen molar-refractivity contribution in [1.82, 2.24) is 4.31 Å². The molecule has 32 heavy (non-hydrogen) atoms. The van der Waals surface area contributed by atoms with Crippen LogP contribution >= 0.6 is 11.6 Å². The van der Waals surface area contributed by atoms with E-state index in [1.54, 1.807) is 24.3 Å².